The zero-order valence-electron chi connectivity index (χ0n) is 16.5. The van der Waals surface area contributed by atoms with Crippen molar-refractivity contribution in [2.45, 2.75) is 19.8 Å². The molecule has 1 amide bonds. The van der Waals surface area contributed by atoms with Gasteiger partial charge < -0.3 is 5.32 Å². The summed E-state index contributed by atoms with van der Waals surface area (Å²) in [6, 6.07) is 23.6. The highest BCUT2D eigenvalue weighted by Gasteiger charge is 2.13. The van der Waals surface area contributed by atoms with Gasteiger partial charge in [0.05, 0.1) is 0 Å². The van der Waals surface area contributed by atoms with Crippen LogP contribution in [-0.4, -0.2) is 5.91 Å². The first-order valence-electron chi connectivity index (χ1n) is 9.54. The number of nitriles is 1. The van der Waals surface area contributed by atoms with Crippen LogP contribution in [0.5, 0.6) is 0 Å². The highest BCUT2D eigenvalue weighted by molar-refractivity contribution is 9.10. The van der Waals surface area contributed by atoms with E-state index >= 15 is 0 Å². The van der Waals surface area contributed by atoms with Crippen molar-refractivity contribution < 1.29 is 4.79 Å². The van der Waals surface area contributed by atoms with Gasteiger partial charge >= 0.3 is 0 Å². The van der Waals surface area contributed by atoms with Crippen molar-refractivity contribution in [1.29, 1.82) is 5.26 Å². The normalized spacial score (nSPS) is 11.1. The van der Waals surface area contributed by atoms with Crippen LogP contribution in [0.4, 0.5) is 5.69 Å². The highest BCUT2D eigenvalue weighted by atomic mass is 79.9. The van der Waals surface area contributed by atoms with Crippen molar-refractivity contribution in [3.8, 4) is 6.07 Å². The lowest BCUT2D eigenvalue weighted by Gasteiger charge is -2.11. The van der Waals surface area contributed by atoms with Gasteiger partial charge in [-0.15, -0.1) is 0 Å². The molecule has 1 N–H and O–H groups in total. The second-order valence-electron chi connectivity index (χ2n) is 6.75. The summed E-state index contributed by atoms with van der Waals surface area (Å²) in [5.74, 6) is -0.412. The minimum Gasteiger partial charge on any atom is -0.321 e. The fourth-order valence-corrected chi connectivity index (χ4v) is 3.96. The van der Waals surface area contributed by atoms with Gasteiger partial charge in [0.15, 0.2) is 0 Å². The van der Waals surface area contributed by atoms with Crippen LogP contribution in [0.2, 0.25) is 0 Å². The van der Waals surface area contributed by atoms with E-state index in [1.165, 1.54) is 0 Å². The van der Waals surface area contributed by atoms with E-state index in [0.29, 0.717) is 6.42 Å². The van der Waals surface area contributed by atoms with Crippen LogP contribution in [0.1, 0.15) is 29.2 Å². The third kappa shape index (κ3) is 5.47. The largest absolute Gasteiger partial charge is 0.321 e. The summed E-state index contributed by atoms with van der Waals surface area (Å²) in [4.78, 5) is 12.8. The number of amides is 1. The first-order valence-corrected chi connectivity index (χ1v) is 11.1. The second-order valence-corrected chi connectivity index (χ2v) is 8.52. The predicted molar refractivity (Wildman–Crippen MR) is 129 cm³/mol. The Morgan fingerprint density at radius 1 is 1.00 bits per heavy atom. The number of hydrogen-bond acceptors (Lipinski definition) is 2. The molecule has 0 aliphatic carbocycles. The van der Waals surface area contributed by atoms with Gasteiger partial charge in [0.2, 0.25) is 0 Å². The molecule has 0 heterocycles. The van der Waals surface area contributed by atoms with E-state index < -0.39 is 5.91 Å². The van der Waals surface area contributed by atoms with E-state index in [0.717, 1.165) is 43.3 Å². The molecule has 3 rings (SSSR count). The van der Waals surface area contributed by atoms with Crippen molar-refractivity contribution in [3.63, 3.8) is 0 Å². The van der Waals surface area contributed by atoms with Gasteiger partial charge in [-0.1, -0.05) is 81.2 Å². The van der Waals surface area contributed by atoms with E-state index in [1.807, 2.05) is 67.6 Å². The molecule has 150 valence electrons. The Morgan fingerprint density at radius 2 is 1.70 bits per heavy atom. The number of anilines is 1. The van der Waals surface area contributed by atoms with Crippen LogP contribution in [0, 0.1) is 11.3 Å². The standard InChI is InChI=1S/C25H20Br2N2O/c1-2-17-7-4-6-10-24(17)29-25(30)21(16-28)14-20-15-22(26)12-11-18(20)13-19-8-3-5-9-23(19)27/h3-12,14-15H,2,13H2,1H3,(H,29,30)/b21-14+. The summed E-state index contributed by atoms with van der Waals surface area (Å²) in [6.45, 7) is 2.03. The molecule has 30 heavy (non-hydrogen) atoms. The van der Waals surface area contributed by atoms with Crippen molar-refractivity contribution in [2.24, 2.45) is 0 Å². The lowest BCUT2D eigenvalue weighted by atomic mass is 9.98. The summed E-state index contributed by atoms with van der Waals surface area (Å²) in [5, 5.41) is 12.5. The number of nitrogens with zero attached hydrogens (tertiary/aromatic N) is 1. The zero-order chi connectivity index (χ0) is 21.5. The molecule has 0 fully saturated rings. The predicted octanol–water partition coefficient (Wildman–Crippen LogP) is 6.91. The van der Waals surface area contributed by atoms with E-state index in [9.17, 15) is 10.1 Å². The van der Waals surface area contributed by atoms with Crippen LogP contribution in [0.3, 0.4) is 0 Å². The highest BCUT2D eigenvalue weighted by Crippen LogP contribution is 2.26. The quantitative estimate of drug-likeness (QED) is 0.282. The molecule has 0 aliphatic heterocycles. The fourth-order valence-electron chi connectivity index (χ4n) is 3.15. The maximum absolute atomic E-state index is 12.8. The summed E-state index contributed by atoms with van der Waals surface area (Å²) >= 11 is 7.09. The molecule has 0 atom stereocenters. The van der Waals surface area contributed by atoms with E-state index in [-0.39, 0.29) is 5.57 Å². The van der Waals surface area contributed by atoms with Gasteiger partial charge in [0, 0.05) is 14.6 Å². The lowest BCUT2D eigenvalue weighted by Crippen LogP contribution is -2.14. The summed E-state index contributed by atoms with van der Waals surface area (Å²) in [7, 11) is 0. The monoisotopic (exact) mass is 522 g/mol. The molecule has 0 bridgehead atoms. The maximum atomic E-state index is 12.8. The molecule has 5 heteroatoms. The van der Waals surface area contributed by atoms with Crippen molar-refractivity contribution in [3.05, 3.63) is 104 Å². The van der Waals surface area contributed by atoms with E-state index in [4.69, 9.17) is 0 Å². The number of rotatable bonds is 6. The fraction of sp³-hybridized carbons (Fsp3) is 0.120. The summed E-state index contributed by atoms with van der Waals surface area (Å²) in [5.41, 5.74) is 4.81. The molecule has 0 unspecified atom stereocenters. The topological polar surface area (TPSA) is 52.9 Å². The molecule has 0 saturated heterocycles. The molecule has 0 spiro atoms. The minimum absolute atomic E-state index is 0.0624. The van der Waals surface area contributed by atoms with E-state index in [1.54, 1.807) is 6.08 Å². The summed E-state index contributed by atoms with van der Waals surface area (Å²) < 4.78 is 1.91. The number of carbonyl (C=O) groups excluding carboxylic acids is 1. The Labute approximate surface area is 193 Å². The van der Waals surface area contributed by atoms with E-state index in [2.05, 4.69) is 49.3 Å². The molecule has 3 nitrogen and oxygen atoms in total. The zero-order valence-corrected chi connectivity index (χ0v) is 19.6. The number of nitrogens with one attached hydrogen (secondary N) is 1. The third-order valence-corrected chi connectivity index (χ3v) is 6.02. The molecule has 3 aromatic rings. The van der Waals surface area contributed by atoms with Gasteiger partial charge in [-0.05, 0) is 65.4 Å². The van der Waals surface area contributed by atoms with Gasteiger partial charge in [-0.25, -0.2) is 0 Å². The molecule has 0 saturated carbocycles. The van der Waals surface area contributed by atoms with Gasteiger partial charge in [-0.3, -0.25) is 4.79 Å². The minimum atomic E-state index is -0.412. The van der Waals surface area contributed by atoms with Crippen molar-refractivity contribution in [1.82, 2.24) is 0 Å². The number of para-hydroxylation sites is 1. The second kappa shape index (κ2) is 10.4. The van der Waals surface area contributed by atoms with Crippen LogP contribution < -0.4 is 5.32 Å². The molecular weight excluding hydrogens is 504 g/mol. The number of hydrogen-bond donors (Lipinski definition) is 1. The Hall–Kier alpha value is -2.68. The first kappa shape index (κ1) is 22.0. The van der Waals surface area contributed by atoms with Crippen LogP contribution in [0.15, 0.2) is 81.2 Å². The number of aryl methyl sites for hydroxylation is 1. The Kier molecular flexibility index (Phi) is 7.62. The van der Waals surface area contributed by atoms with Crippen LogP contribution >= 0.6 is 31.9 Å². The number of carbonyl (C=O) groups is 1. The molecule has 0 radical (unpaired) electrons. The van der Waals surface area contributed by atoms with Crippen molar-refractivity contribution in [2.75, 3.05) is 5.32 Å². The molecule has 0 aliphatic rings. The van der Waals surface area contributed by atoms with Gasteiger partial charge in [0.1, 0.15) is 11.6 Å². The number of halogens is 2. The molecule has 3 aromatic carbocycles. The average molecular weight is 524 g/mol. The van der Waals surface area contributed by atoms with Gasteiger partial charge in [-0.2, -0.15) is 5.26 Å². The summed E-state index contributed by atoms with van der Waals surface area (Å²) in [6.07, 6.45) is 3.13. The molecular formula is C25H20Br2N2O. The maximum Gasteiger partial charge on any atom is 0.266 e. The lowest BCUT2D eigenvalue weighted by molar-refractivity contribution is -0.112. The average Bonchev–Trinajstić information content (AvgIpc) is 2.75. The Morgan fingerprint density at radius 3 is 2.40 bits per heavy atom. The van der Waals surface area contributed by atoms with Crippen molar-refractivity contribution >= 4 is 49.5 Å². The number of benzene rings is 3. The third-order valence-electron chi connectivity index (χ3n) is 4.76. The molecule has 0 aromatic heterocycles. The SMILES string of the molecule is CCc1ccccc1NC(=O)/C(C#N)=C/c1cc(Br)ccc1Cc1ccccc1Br. The Balaban J connectivity index is 1.93. The van der Waals surface area contributed by atoms with Crippen LogP contribution in [-0.2, 0) is 17.6 Å². The van der Waals surface area contributed by atoms with Crippen LogP contribution in [0.25, 0.3) is 6.08 Å². The smallest absolute Gasteiger partial charge is 0.266 e. The first-order chi connectivity index (χ1) is 14.5. The Bertz CT molecular complexity index is 1150. The van der Waals surface area contributed by atoms with Gasteiger partial charge in [0.25, 0.3) is 5.91 Å².